The van der Waals surface area contributed by atoms with Gasteiger partial charge in [0.1, 0.15) is 17.5 Å². The van der Waals surface area contributed by atoms with Crippen LogP contribution in [0.1, 0.15) is 64.9 Å². The lowest BCUT2D eigenvalue weighted by Gasteiger charge is -2.29. The van der Waals surface area contributed by atoms with Crippen molar-refractivity contribution in [3.63, 3.8) is 0 Å². The van der Waals surface area contributed by atoms with Gasteiger partial charge < -0.3 is 15.0 Å². The molecule has 1 heterocycles. The number of para-hydroxylation sites is 1. The third kappa shape index (κ3) is 8.71. The highest BCUT2D eigenvalue weighted by molar-refractivity contribution is 14.1. The van der Waals surface area contributed by atoms with Gasteiger partial charge in [0.05, 0.1) is 28.8 Å². The van der Waals surface area contributed by atoms with Crippen LogP contribution < -0.4 is 13.6 Å². The van der Waals surface area contributed by atoms with E-state index in [4.69, 9.17) is 4.74 Å². The molecule has 38 heavy (non-hydrogen) atoms. The predicted molar refractivity (Wildman–Crippen MR) is 158 cm³/mol. The van der Waals surface area contributed by atoms with Crippen molar-refractivity contribution in [2.75, 3.05) is 6.54 Å². The topological polar surface area (TPSA) is 87.7 Å². The van der Waals surface area contributed by atoms with E-state index in [2.05, 4.69) is 22.7 Å². The Labute approximate surface area is 240 Å². The van der Waals surface area contributed by atoms with Crippen LogP contribution in [-0.4, -0.2) is 35.2 Å². The Morgan fingerprint density at radius 2 is 1.76 bits per heavy atom. The molecule has 8 heteroatoms. The summed E-state index contributed by atoms with van der Waals surface area (Å²) in [4.78, 5) is 41.6. The van der Waals surface area contributed by atoms with Crippen molar-refractivity contribution in [2.24, 2.45) is 17.8 Å². The number of hydrogen-bond acceptors (Lipinski definition) is 4. The molecule has 1 aliphatic rings. The number of rotatable bonds is 12. The summed E-state index contributed by atoms with van der Waals surface area (Å²) in [5.74, 6) is 0.442. The molecule has 1 saturated heterocycles. The zero-order valence-corrected chi connectivity index (χ0v) is 24.8. The molecule has 2 aromatic rings. The first-order valence-electron chi connectivity index (χ1n) is 13.6. The number of nitrogens with one attached hydrogen (secondary N) is 2. The van der Waals surface area contributed by atoms with Crippen molar-refractivity contribution < 1.29 is 19.1 Å². The zero-order valence-electron chi connectivity index (χ0n) is 22.6. The smallest absolute Gasteiger partial charge is 0.245 e. The van der Waals surface area contributed by atoms with Gasteiger partial charge in [-0.05, 0) is 67.9 Å². The molecule has 1 aliphatic heterocycles. The van der Waals surface area contributed by atoms with Crippen LogP contribution in [0.25, 0.3) is 0 Å². The van der Waals surface area contributed by atoms with Gasteiger partial charge in [-0.3, -0.25) is 17.9 Å². The summed E-state index contributed by atoms with van der Waals surface area (Å²) in [7, 11) is 0. The molecule has 3 amide bonds. The fourth-order valence-corrected chi connectivity index (χ4v) is 5.49. The van der Waals surface area contributed by atoms with Gasteiger partial charge in [0.25, 0.3) is 0 Å². The molecule has 0 aromatic heterocycles. The van der Waals surface area contributed by atoms with Crippen LogP contribution in [0.5, 0.6) is 11.5 Å². The zero-order chi connectivity index (χ0) is 27.5. The normalized spacial score (nSPS) is 17.4. The minimum Gasteiger partial charge on any atom is -0.457 e. The van der Waals surface area contributed by atoms with E-state index in [1.54, 1.807) is 0 Å². The first-order chi connectivity index (χ1) is 18.3. The minimum absolute atomic E-state index is 0.0705. The fraction of sp³-hybridized carbons (Fsp3) is 0.500. The quantitative estimate of drug-likeness (QED) is 0.221. The molecule has 2 N–H and O–H groups in total. The van der Waals surface area contributed by atoms with E-state index in [9.17, 15) is 14.4 Å². The van der Waals surface area contributed by atoms with Gasteiger partial charge >= 0.3 is 0 Å². The Morgan fingerprint density at radius 1 is 1.03 bits per heavy atom. The van der Waals surface area contributed by atoms with Crippen LogP contribution in [-0.2, 0) is 20.9 Å². The average Bonchev–Trinajstić information content (AvgIpc) is 3.07. The van der Waals surface area contributed by atoms with Gasteiger partial charge in [0, 0.05) is 19.0 Å². The van der Waals surface area contributed by atoms with E-state index in [-0.39, 0.29) is 23.6 Å². The molecule has 2 aromatic carbocycles. The first kappa shape index (κ1) is 29.9. The van der Waals surface area contributed by atoms with E-state index in [1.807, 2.05) is 89.3 Å². The Bertz CT molecular complexity index is 1060. The van der Waals surface area contributed by atoms with Crippen LogP contribution >= 0.6 is 22.9 Å². The highest BCUT2D eigenvalue weighted by Crippen LogP contribution is 2.27. The van der Waals surface area contributed by atoms with Gasteiger partial charge in [0.15, 0.2) is 0 Å². The van der Waals surface area contributed by atoms with E-state index >= 15 is 0 Å². The van der Waals surface area contributed by atoms with Crippen LogP contribution in [0.4, 0.5) is 0 Å². The minimum atomic E-state index is -0.589. The molecule has 0 saturated carbocycles. The summed E-state index contributed by atoms with van der Waals surface area (Å²) < 4.78 is 8.67. The fourth-order valence-electron chi connectivity index (χ4n) is 5.09. The first-order valence-corrected chi connectivity index (χ1v) is 14.7. The SMILES string of the molecule is CCC[C@H](C(=O)NI)C(CC(C)C)C(=O)N[C@H]1CCCCN(Cc2cccc(Oc3ccccc3)c2)C1=O. The second kappa shape index (κ2) is 15.1. The number of carbonyl (C=O) groups is 3. The van der Waals surface area contributed by atoms with Crippen molar-refractivity contribution in [3.8, 4) is 11.5 Å². The van der Waals surface area contributed by atoms with Gasteiger partial charge in [-0.25, -0.2) is 0 Å². The number of halogens is 1. The Balaban J connectivity index is 1.72. The number of likely N-dealkylation sites (tertiary alicyclic amines) is 1. The molecule has 0 aliphatic carbocycles. The standard InChI is InChI=1S/C30H40IN3O4/c1-4-11-25(29(36)33-31)26(18-21(2)3)28(35)32-27-16-8-9-17-34(30(27)37)20-22-12-10-15-24(19-22)38-23-13-6-5-7-14-23/h5-7,10,12-15,19,21,25-27H,4,8-9,11,16-18,20H2,1-3H3,(H,32,35)(H,33,36)/t25-,26?,27-/m0/s1. The average molecular weight is 634 g/mol. The maximum absolute atomic E-state index is 13.6. The number of benzene rings is 2. The molecule has 206 valence electrons. The monoisotopic (exact) mass is 633 g/mol. The molecule has 1 unspecified atom stereocenters. The number of amides is 3. The molecule has 3 atom stereocenters. The summed E-state index contributed by atoms with van der Waals surface area (Å²) in [6.07, 6.45) is 4.36. The summed E-state index contributed by atoms with van der Waals surface area (Å²) >= 11 is 1.84. The lowest BCUT2D eigenvalue weighted by atomic mass is 9.81. The lowest BCUT2D eigenvalue weighted by Crippen LogP contribution is -2.50. The van der Waals surface area contributed by atoms with Crippen LogP contribution in [0.3, 0.4) is 0 Å². The maximum Gasteiger partial charge on any atom is 0.245 e. The third-order valence-electron chi connectivity index (χ3n) is 6.93. The summed E-state index contributed by atoms with van der Waals surface area (Å²) in [5.41, 5.74) is 0.971. The second-order valence-electron chi connectivity index (χ2n) is 10.5. The molecule has 1 fully saturated rings. The van der Waals surface area contributed by atoms with E-state index in [1.165, 1.54) is 0 Å². The van der Waals surface area contributed by atoms with Crippen molar-refractivity contribution in [1.82, 2.24) is 13.7 Å². The van der Waals surface area contributed by atoms with E-state index in [0.29, 0.717) is 38.1 Å². The summed E-state index contributed by atoms with van der Waals surface area (Å²) in [6.45, 7) is 7.21. The number of carbonyl (C=O) groups excluding carboxylic acids is 3. The molecular formula is C30H40IN3O4. The predicted octanol–water partition coefficient (Wildman–Crippen LogP) is 6.02. The van der Waals surface area contributed by atoms with Crippen LogP contribution in [0, 0.1) is 17.8 Å². The molecule has 3 rings (SSSR count). The van der Waals surface area contributed by atoms with Crippen molar-refractivity contribution in [3.05, 3.63) is 60.2 Å². The van der Waals surface area contributed by atoms with Gasteiger partial charge in [-0.2, -0.15) is 0 Å². The third-order valence-corrected chi connectivity index (χ3v) is 7.46. The summed E-state index contributed by atoms with van der Waals surface area (Å²) in [5, 5.41) is 3.05. The van der Waals surface area contributed by atoms with Crippen LogP contribution in [0.2, 0.25) is 0 Å². The van der Waals surface area contributed by atoms with Crippen molar-refractivity contribution >= 4 is 40.6 Å². The Kier molecular flexibility index (Phi) is 11.9. The molecular weight excluding hydrogens is 593 g/mol. The van der Waals surface area contributed by atoms with Crippen molar-refractivity contribution in [2.45, 2.75) is 71.9 Å². The van der Waals surface area contributed by atoms with E-state index < -0.39 is 17.9 Å². The summed E-state index contributed by atoms with van der Waals surface area (Å²) in [6, 6.07) is 16.8. The van der Waals surface area contributed by atoms with Crippen molar-refractivity contribution in [1.29, 1.82) is 0 Å². The maximum atomic E-state index is 13.6. The molecule has 7 nitrogen and oxygen atoms in total. The molecule has 0 bridgehead atoms. The van der Waals surface area contributed by atoms with Gasteiger partial charge in [-0.1, -0.05) is 57.5 Å². The largest absolute Gasteiger partial charge is 0.457 e. The van der Waals surface area contributed by atoms with Gasteiger partial charge in [0.2, 0.25) is 17.7 Å². The van der Waals surface area contributed by atoms with Crippen LogP contribution in [0.15, 0.2) is 54.6 Å². The lowest BCUT2D eigenvalue weighted by molar-refractivity contribution is -0.139. The molecule has 0 spiro atoms. The Hall–Kier alpha value is -2.62. The Morgan fingerprint density at radius 3 is 2.45 bits per heavy atom. The molecule has 0 radical (unpaired) electrons. The van der Waals surface area contributed by atoms with E-state index in [0.717, 1.165) is 30.6 Å². The highest BCUT2D eigenvalue weighted by Gasteiger charge is 2.36. The van der Waals surface area contributed by atoms with Gasteiger partial charge in [-0.15, -0.1) is 0 Å². The number of hydrogen-bond donors (Lipinski definition) is 2. The number of nitrogens with zero attached hydrogens (tertiary/aromatic N) is 1. The highest BCUT2D eigenvalue weighted by atomic mass is 127. The number of ether oxygens (including phenoxy) is 1. The second-order valence-corrected chi connectivity index (χ2v) is 11.0.